The first kappa shape index (κ1) is 10.7. The highest BCUT2D eigenvalue weighted by atomic mass is 35.5. The van der Waals surface area contributed by atoms with Crippen LogP contribution in [-0.4, -0.2) is 11.5 Å². The number of hydrogen-bond acceptors (Lipinski definition) is 3. The minimum absolute atomic E-state index is 0.0119. The Hall–Kier alpha value is -1.39. The van der Waals surface area contributed by atoms with Crippen molar-refractivity contribution in [2.75, 3.05) is 6.54 Å². The lowest BCUT2D eigenvalue weighted by atomic mass is 10.1. The highest BCUT2D eigenvalue weighted by Gasteiger charge is 2.13. The minimum Gasteiger partial charge on any atom is -0.327 e. The number of nitrogens with zero attached hydrogens (tertiary/aromatic N) is 1. The zero-order chi connectivity index (χ0) is 10.6. The molecular formula is C9H9ClN2O2. The van der Waals surface area contributed by atoms with Crippen LogP contribution in [0.25, 0.3) is 6.08 Å². The quantitative estimate of drug-likeness (QED) is 0.617. The summed E-state index contributed by atoms with van der Waals surface area (Å²) >= 11 is 5.81. The summed E-state index contributed by atoms with van der Waals surface area (Å²) in [6.07, 6.45) is 3.18. The van der Waals surface area contributed by atoms with Crippen LogP contribution in [0.5, 0.6) is 0 Å². The normalized spacial score (nSPS) is 10.7. The van der Waals surface area contributed by atoms with Crippen LogP contribution in [0.15, 0.2) is 24.3 Å². The van der Waals surface area contributed by atoms with Crippen LogP contribution >= 0.6 is 11.6 Å². The van der Waals surface area contributed by atoms with E-state index in [1.54, 1.807) is 24.3 Å². The first-order valence-electron chi connectivity index (χ1n) is 3.96. The van der Waals surface area contributed by atoms with Gasteiger partial charge in [-0.3, -0.25) is 10.1 Å². The molecule has 0 amide bonds. The van der Waals surface area contributed by atoms with Gasteiger partial charge < -0.3 is 5.73 Å². The Morgan fingerprint density at radius 1 is 1.57 bits per heavy atom. The Morgan fingerprint density at radius 3 is 2.86 bits per heavy atom. The van der Waals surface area contributed by atoms with Crippen molar-refractivity contribution in [2.24, 2.45) is 5.73 Å². The lowest BCUT2D eigenvalue weighted by Crippen LogP contribution is -1.94. The van der Waals surface area contributed by atoms with Gasteiger partial charge in [0.1, 0.15) is 0 Å². The molecule has 0 radical (unpaired) electrons. The highest BCUT2D eigenvalue weighted by Crippen LogP contribution is 2.27. The van der Waals surface area contributed by atoms with Crippen molar-refractivity contribution in [3.8, 4) is 0 Å². The van der Waals surface area contributed by atoms with Crippen molar-refractivity contribution in [3.05, 3.63) is 45.0 Å². The maximum absolute atomic E-state index is 10.6. The third-order valence-corrected chi connectivity index (χ3v) is 1.98. The molecule has 0 saturated heterocycles. The summed E-state index contributed by atoms with van der Waals surface area (Å²) in [5.41, 5.74) is 5.63. The molecule has 1 rings (SSSR count). The zero-order valence-corrected chi connectivity index (χ0v) is 8.07. The van der Waals surface area contributed by atoms with Gasteiger partial charge in [-0.1, -0.05) is 23.7 Å². The molecule has 0 saturated carbocycles. The summed E-state index contributed by atoms with van der Waals surface area (Å²) in [4.78, 5) is 10.1. The topological polar surface area (TPSA) is 69.2 Å². The van der Waals surface area contributed by atoms with E-state index < -0.39 is 4.92 Å². The summed E-state index contributed by atoms with van der Waals surface area (Å²) < 4.78 is 0. The fraction of sp³-hybridized carbons (Fsp3) is 0.111. The van der Waals surface area contributed by atoms with Crippen molar-refractivity contribution in [2.45, 2.75) is 0 Å². The summed E-state index contributed by atoms with van der Waals surface area (Å²) in [5.74, 6) is 0. The number of halogens is 1. The third-order valence-electron chi connectivity index (χ3n) is 1.65. The van der Waals surface area contributed by atoms with E-state index in [0.29, 0.717) is 17.1 Å². The minimum atomic E-state index is -0.470. The average molecular weight is 213 g/mol. The second kappa shape index (κ2) is 4.74. The molecular weight excluding hydrogens is 204 g/mol. The van der Waals surface area contributed by atoms with Gasteiger partial charge in [0, 0.05) is 12.6 Å². The smallest absolute Gasteiger partial charge is 0.278 e. The van der Waals surface area contributed by atoms with E-state index in [9.17, 15) is 10.1 Å². The van der Waals surface area contributed by atoms with Gasteiger partial charge in [-0.25, -0.2) is 0 Å². The molecule has 14 heavy (non-hydrogen) atoms. The van der Waals surface area contributed by atoms with Crippen LogP contribution < -0.4 is 5.73 Å². The van der Waals surface area contributed by atoms with Gasteiger partial charge in [-0.15, -0.1) is 0 Å². The maximum Gasteiger partial charge on any atom is 0.278 e. The van der Waals surface area contributed by atoms with Crippen molar-refractivity contribution in [1.29, 1.82) is 0 Å². The zero-order valence-electron chi connectivity index (χ0n) is 7.31. The van der Waals surface area contributed by atoms with E-state index in [-0.39, 0.29) is 5.69 Å². The third kappa shape index (κ3) is 2.31. The molecule has 2 N–H and O–H groups in total. The van der Waals surface area contributed by atoms with Gasteiger partial charge in [-0.05, 0) is 12.1 Å². The largest absolute Gasteiger partial charge is 0.327 e. The first-order chi connectivity index (χ1) is 6.66. The van der Waals surface area contributed by atoms with Gasteiger partial charge in [0.15, 0.2) is 0 Å². The molecule has 0 atom stereocenters. The Kier molecular flexibility index (Phi) is 3.62. The predicted molar refractivity (Wildman–Crippen MR) is 56.2 cm³/mol. The van der Waals surface area contributed by atoms with E-state index in [2.05, 4.69) is 0 Å². The SMILES string of the molecule is NC/C=C/c1c(Cl)cccc1[N+](=O)[O-]. The Balaban J connectivity index is 3.22. The molecule has 0 aliphatic rings. The van der Waals surface area contributed by atoms with Crippen LogP contribution in [0.4, 0.5) is 5.69 Å². The van der Waals surface area contributed by atoms with Gasteiger partial charge in [-0.2, -0.15) is 0 Å². The lowest BCUT2D eigenvalue weighted by molar-refractivity contribution is -0.385. The molecule has 0 aliphatic carbocycles. The molecule has 0 unspecified atom stereocenters. The lowest BCUT2D eigenvalue weighted by Gasteiger charge is -1.99. The second-order valence-corrected chi connectivity index (χ2v) is 2.98. The summed E-state index contributed by atoms with van der Waals surface area (Å²) in [7, 11) is 0. The van der Waals surface area contributed by atoms with Crippen molar-refractivity contribution in [1.82, 2.24) is 0 Å². The van der Waals surface area contributed by atoms with E-state index >= 15 is 0 Å². The van der Waals surface area contributed by atoms with E-state index in [1.807, 2.05) is 0 Å². The van der Waals surface area contributed by atoms with E-state index in [1.165, 1.54) is 6.07 Å². The predicted octanol–water partition coefficient (Wildman–Crippen LogP) is 2.22. The maximum atomic E-state index is 10.6. The molecule has 0 aliphatic heterocycles. The van der Waals surface area contributed by atoms with Crippen molar-refractivity contribution in [3.63, 3.8) is 0 Å². The number of nitro groups is 1. The molecule has 74 valence electrons. The Bertz CT molecular complexity index is 377. The fourth-order valence-corrected chi connectivity index (χ4v) is 1.27. The summed E-state index contributed by atoms with van der Waals surface area (Å²) in [5, 5.41) is 11.0. The molecule has 0 spiro atoms. The van der Waals surface area contributed by atoms with Gasteiger partial charge in [0.05, 0.1) is 15.5 Å². The number of hydrogen-bond donors (Lipinski definition) is 1. The molecule has 0 bridgehead atoms. The van der Waals surface area contributed by atoms with Crippen LogP contribution in [0.1, 0.15) is 5.56 Å². The monoisotopic (exact) mass is 212 g/mol. The molecule has 0 heterocycles. The van der Waals surface area contributed by atoms with Crippen molar-refractivity contribution >= 4 is 23.4 Å². The van der Waals surface area contributed by atoms with Crippen molar-refractivity contribution < 1.29 is 4.92 Å². The highest BCUT2D eigenvalue weighted by molar-refractivity contribution is 6.32. The molecule has 1 aromatic rings. The van der Waals surface area contributed by atoms with E-state index in [4.69, 9.17) is 17.3 Å². The average Bonchev–Trinajstić information content (AvgIpc) is 2.15. The number of nitrogens with two attached hydrogens (primary N) is 1. The summed E-state index contributed by atoms with van der Waals surface area (Å²) in [6, 6.07) is 4.55. The van der Waals surface area contributed by atoms with Gasteiger partial charge in [0.25, 0.3) is 5.69 Å². The van der Waals surface area contributed by atoms with Crippen LogP contribution in [-0.2, 0) is 0 Å². The first-order valence-corrected chi connectivity index (χ1v) is 4.34. The standard InChI is InChI=1S/C9H9ClN2O2/c10-8-4-1-5-9(12(13)14)7(8)3-2-6-11/h1-5H,6,11H2/b3-2+. The molecule has 4 nitrogen and oxygen atoms in total. The molecule has 5 heteroatoms. The number of benzene rings is 1. The Morgan fingerprint density at radius 2 is 2.29 bits per heavy atom. The van der Waals surface area contributed by atoms with Crippen LogP contribution in [0.2, 0.25) is 5.02 Å². The fourth-order valence-electron chi connectivity index (χ4n) is 1.04. The van der Waals surface area contributed by atoms with E-state index in [0.717, 1.165) is 0 Å². The van der Waals surface area contributed by atoms with Gasteiger partial charge >= 0.3 is 0 Å². The Labute approximate surface area is 86.1 Å². The molecule has 0 fully saturated rings. The second-order valence-electron chi connectivity index (χ2n) is 2.57. The van der Waals surface area contributed by atoms with Crippen LogP contribution in [0, 0.1) is 10.1 Å². The number of nitro benzene ring substituents is 1. The van der Waals surface area contributed by atoms with Crippen LogP contribution in [0.3, 0.4) is 0 Å². The molecule has 1 aromatic carbocycles. The molecule has 0 aromatic heterocycles. The summed E-state index contributed by atoms with van der Waals surface area (Å²) in [6.45, 7) is 0.322. The van der Waals surface area contributed by atoms with Gasteiger partial charge in [0.2, 0.25) is 0 Å². The number of rotatable bonds is 3.